The number of rotatable bonds is 2. The summed E-state index contributed by atoms with van der Waals surface area (Å²) in [5.41, 5.74) is 1.89. The number of carbonyl (C=O) groups excluding carboxylic acids is 1. The Morgan fingerprint density at radius 3 is 2.47 bits per heavy atom. The Bertz CT molecular complexity index is 817. The fourth-order valence-electron chi connectivity index (χ4n) is 1.85. The molecular formula is C14H8ClNO2S. The molecule has 0 saturated heterocycles. The number of carbonyl (C=O) groups is 1. The monoisotopic (exact) mass is 289 g/mol. The average Bonchev–Trinajstić information content (AvgIpc) is 2.77. The van der Waals surface area contributed by atoms with Crippen LogP contribution in [0.1, 0.15) is 15.9 Å². The third-order valence-electron chi connectivity index (χ3n) is 2.79. The maximum absolute atomic E-state index is 12.3. The number of fused-ring (bicyclic) bond motifs is 1. The van der Waals surface area contributed by atoms with E-state index in [1.807, 2.05) is 0 Å². The first kappa shape index (κ1) is 12.1. The minimum Gasteiger partial charge on any atom is -0.312 e. The van der Waals surface area contributed by atoms with E-state index in [1.165, 1.54) is 0 Å². The topological polar surface area (TPSA) is 49.9 Å². The van der Waals surface area contributed by atoms with Gasteiger partial charge in [-0.25, -0.2) is 0 Å². The minimum absolute atomic E-state index is 0.0839. The second-order valence-electron chi connectivity index (χ2n) is 4.06. The standard InChI is InChI=1S/C14H8ClNO2S/c15-10-4-1-8(2-5-10)13(17)9-3-6-11-12(7-9)19-14(18)16-11/h1-7H,(H,16,18). The Kier molecular flexibility index (Phi) is 2.97. The van der Waals surface area contributed by atoms with Gasteiger partial charge in [0.15, 0.2) is 5.78 Å². The number of hydrogen-bond acceptors (Lipinski definition) is 3. The molecule has 0 fully saturated rings. The first-order valence-corrected chi connectivity index (χ1v) is 6.76. The van der Waals surface area contributed by atoms with Gasteiger partial charge in [0.2, 0.25) is 0 Å². The highest BCUT2D eigenvalue weighted by atomic mass is 35.5. The molecule has 1 N–H and O–H groups in total. The second-order valence-corrected chi connectivity index (χ2v) is 5.51. The van der Waals surface area contributed by atoms with Gasteiger partial charge in [0.1, 0.15) is 0 Å². The van der Waals surface area contributed by atoms with Crippen LogP contribution in [0.2, 0.25) is 5.02 Å². The Morgan fingerprint density at radius 1 is 1.05 bits per heavy atom. The predicted octanol–water partition coefficient (Wildman–Crippen LogP) is 3.47. The molecule has 19 heavy (non-hydrogen) atoms. The molecule has 3 nitrogen and oxygen atoms in total. The van der Waals surface area contributed by atoms with Gasteiger partial charge in [-0.05, 0) is 42.5 Å². The van der Waals surface area contributed by atoms with E-state index in [-0.39, 0.29) is 10.7 Å². The van der Waals surface area contributed by atoms with E-state index in [2.05, 4.69) is 4.98 Å². The summed E-state index contributed by atoms with van der Waals surface area (Å²) >= 11 is 6.89. The maximum Gasteiger partial charge on any atom is 0.305 e. The van der Waals surface area contributed by atoms with Crippen molar-refractivity contribution in [2.24, 2.45) is 0 Å². The van der Waals surface area contributed by atoms with Gasteiger partial charge in [-0.15, -0.1) is 0 Å². The second kappa shape index (κ2) is 4.64. The third-order valence-corrected chi connectivity index (χ3v) is 3.89. The van der Waals surface area contributed by atoms with E-state index < -0.39 is 0 Å². The molecule has 0 bridgehead atoms. The van der Waals surface area contributed by atoms with E-state index in [9.17, 15) is 9.59 Å². The third kappa shape index (κ3) is 2.32. The lowest BCUT2D eigenvalue weighted by molar-refractivity contribution is 0.103. The van der Waals surface area contributed by atoms with Crippen LogP contribution in [-0.4, -0.2) is 10.8 Å². The van der Waals surface area contributed by atoms with Gasteiger partial charge in [-0.1, -0.05) is 22.9 Å². The van der Waals surface area contributed by atoms with E-state index in [4.69, 9.17) is 11.6 Å². The van der Waals surface area contributed by atoms with Crippen molar-refractivity contribution in [2.75, 3.05) is 0 Å². The number of aromatic amines is 1. The summed E-state index contributed by atoms with van der Waals surface area (Å²) in [5.74, 6) is -0.0839. The highest BCUT2D eigenvalue weighted by Crippen LogP contribution is 2.19. The molecular weight excluding hydrogens is 282 g/mol. The number of ketones is 1. The quantitative estimate of drug-likeness (QED) is 0.734. The average molecular weight is 290 g/mol. The highest BCUT2D eigenvalue weighted by molar-refractivity contribution is 7.16. The van der Waals surface area contributed by atoms with Crippen molar-refractivity contribution < 1.29 is 4.79 Å². The Hall–Kier alpha value is -1.91. The summed E-state index contributed by atoms with van der Waals surface area (Å²) in [6.45, 7) is 0. The van der Waals surface area contributed by atoms with Gasteiger partial charge < -0.3 is 4.98 Å². The molecule has 0 aliphatic heterocycles. The summed E-state index contributed by atoms with van der Waals surface area (Å²) in [4.78, 5) is 26.1. The van der Waals surface area contributed by atoms with Gasteiger partial charge in [0.25, 0.3) is 0 Å². The lowest BCUT2D eigenvalue weighted by Gasteiger charge is -2.01. The molecule has 3 rings (SSSR count). The number of thiazole rings is 1. The van der Waals surface area contributed by atoms with Crippen LogP contribution in [0.5, 0.6) is 0 Å². The summed E-state index contributed by atoms with van der Waals surface area (Å²) in [7, 11) is 0. The van der Waals surface area contributed by atoms with Crippen molar-refractivity contribution in [3.63, 3.8) is 0 Å². The lowest BCUT2D eigenvalue weighted by atomic mass is 10.0. The highest BCUT2D eigenvalue weighted by Gasteiger charge is 2.10. The SMILES string of the molecule is O=C(c1ccc(Cl)cc1)c1ccc2[nH]c(=O)sc2c1. The largest absolute Gasteiger partial charge is 0.312 e. The van der Waals surface area contributed by atoms with Gasteiger partial charge in [0.05, 0.1) is 10.2 Å². The molecule has 94 valence electrons. The Labute approximate surface area is 117 Å². The lowest BCUT2D eigenvalue weighted by Crippen LogP contribution is -2.00. The molecule has 1 heterocycles. The molecule has 0 amide bonds. The molecule has 0 aliphatic carbocycles. The zero-order valence-electron chi connectivity index (χ0n) is 9.64. The van der Waals surface area contributed by atoms with Crippen molar-refractivity contribution in [1.29, 1.82) is 0 Å². The van der Waals surface area contributed by atoms with E-state index >= 15 is 0 Å². The number of aromatic nitrogens is 1. The summed E-state index contributed by atoms with van der Waals surface area (Å²) in [5, 5.41) is 0.593. The van der Waals surface area contributed by atoms with Crippen molar-refractivity contribution in [3.8, 4) is 0 Å². The van der Waals surface area contributed by atoms with E-state index in [0.29, 0.717) is 16.1 Å². The van der Waals surface area contributed by atoms with Crippen LogP contribution in [-0.2, 0) is 0 Å². The first-order chi connectivity index (χ1) is 9.13. The fraction of sp³-hybridized carbons (Fsp3) is 0. The Morgan fingerprint density at radius 2 is 1.74 bits per heavy atom. The van der Waals surface area contributed by atoms with Crippen LogP contribution in [0.4, 0.5) is 0 Å². The number of hydrogen-bond donors (Lipinski definition) is 1. The molecule has 0 atom stereocenters. The molecule has 0 spiro atoms. The number of nitrogens with one attached hydrogen (secondary N) is 1. The molecule has 0 radical (unpaired) electrons. The Balaban J connectivity index is 2.05. The van der Waals surface area contributed by atoms with Gasteiger partial charge >= 0.3 is 4.87 Å². The molecule has 2 aromatic carbocycles. The van der Waals surface area contributed by atoms with Crippen LogP contribution in [0, 0.1) is 0 Å². The number of benzene rings is 2. The molecule has 3 aromatic rings. The van der Waals surface area contributed by atoms with Crippen LogP contribution >= 0.6 is 22.9 Å². The summed E-state index contributed by atoms with van der Waals surface area (Å²) in [6.07, 6.45) is 0. The molecule has 0 saturated carbocycles. The van der Waals surface area contributed by atoms with E-state index in [0.717, 1.165) is 21.6 Å². The normalized spacial score (nSPS) is 10.8. The first-order valence-electron chi connectivity index (χ1n) is 5.56. The van der Waals surface area contributed by atoms with Gasteiger partial charge in [-0.3, -0.25) is 9.59 Å². The van der Waals surface area contributed by atoms with Crippen LogP contribution in [0.25, 0.3) is 10.2 Å². The molecule has 5 heteroatoms. The molecule has 0 aliphatic rings. The zero-order chi connectivity index (χ0) is 13.4. The van der Waals surface area contributed by atoms with Crippen molar-refractivity contribution in [3.05, 3.63) is 68.3 Å². The predicted molar refractivity (Wildman–Crippen MR) is 77.3 cm³/mol. The zero-order valence-corrected chi connectivity index (χ0v) is 11.2. The summed E-state index contributed by atoms with van der Waals surface area (Å²) in [6, 6.07) is 11.9. The van der Waals surface area contributed by atoms with Gasteiger partial charge in [-0.2, -0.15) is 0 Å². The van der Waals surface area contributed by atoms with E-state index in [1.54, 1.807) is 42.5 Å². The van der Waals surface area contributed by atoms with Crippen LogP contribution in [0.15, 0.2) is 47.3 Å². The minimum atomic E-state index is -0.119. The fourth-order valence-corrected chi connectivity index (χ4v) is 2.76. The maximum atomic E-state index is 12.3. The van der Waals surface area contributed by atoms with Crippen molar-refractivity contribution >= 4 is 38.9 Å². The number of halogens is 1. The smallest absolute Gasteiger partial charge is 0.305 e. The number of H-pyrrole nitrogens is 1. The van der Waals surface area contributed by atoms with Crippen molar-refractivity contribution in [2.45, 2.75) is 0 Å². The molecule has 0 unspecified atom stereocenters. The van der Waals surface area contributed by atoms with Gasteiger partial charge in [0, 0.05) is 16.1 Å². The van der Waals surface area contributed by atoms with Crippen molar-refractivity contribution in [1.82, 2.24) is 4.98 Å². The summed E-state index contributed by atoms with van der Waals surface area (Å²) < 4.78 is 0.782. The molecule has 1 aromatic heterocycles. The van der Waals surface area contributed by atoms with Crippen LogP contribution in [0.3, 0.4) is 0 Å². The van der Waals surface area contributed by atoms with Crippen LogP contribution < -0.4 is 4.87 Å².